The van der Waals surface area contributed by atoms with Gasteiger partial charge >= 0.3 is 0 Å². The van der Waals surface area contributed by atoms with Gasteiger partial charge in [-0.1, -0.05) is 0 Å². The van der Waals surface area contributed by atoms with Crippen LogP contribution >= 0.6 is 0 Å². The van der Waals surface area contributed by atoms with Crippen LogP contribution in [0.25, 0.3) is 0 Å². The first-order chi connectivity index (χ1) is 9.01. The zero-order valence-corrected chi connectivity index (χ0v) is 11.2. The normalized spacial score (nSPS) is 12.5. The molecule has 1 heterocycles. The second kappa shape index (κ2) is 5.40. The largest absolute Gasteiger partial charge is 0.454 e. The fourth-order valence-electron chi connectivity index (χ4n) is 1.78. The van der Waals surface area contributed by atoms with Gasteiger partial charge in [-0.15, -0.1) is 0 Å². The Morgan fingerprint density at radius 2 is 2.21 bits per heavy atom. The number of nitrogens with zero attached hydrogens (tertiary/aromatic N) is 2. The van der Waals surface area contributed by atoms with Crippen LogP contribution in [0.3, 0.4) is 0 Å². The van der Waals surface area contributed by atoms with E-state index in [1.54, 1.807) is 37.0 Å². The second-order valence-electron chi connectivity index (χ2n) is 4.45. The van der Waals surface area contributed by atoms with Gasteiger partial charge < -0.3 is 9.84 Å². The topological polar surface area (TPSA) is 47.3 Å². The van der Waals surface area contributed by atoms with Gasteiger partial charge in [0.05, 0.1) is 18.5 Å². The molecule has 0 aliphatic carbocycles. The summed E-state index contributed by atoms with van der Waals surface area (Å²) in [5.41, 5.74) is 0.898. The summed E-state index contributed by atoms with van der Waals surface area (Å²) in [5, 5.41) is 13.8. The lowest BCUT2D eigenvalue weighted by Gasteiger charge is -2.13. The molecule has 0 saturated heterocycles. The Balaban J connectivity index is 2.35. The second-order valence-corrected chi connectivity index (χ2v) is 4.45. The van der Waals surface area contributed by atoms with Crippen molar-refractivity contribution in [1.82, 2.24) is 9.78 Å². The molecule has 0 amide bonds. The highest BCUT2D eigenvalue weighted by Crippen LogP contribution is 2.31. The van der Waals surface area contributed by atoms with Crippen molar-refractivity contribution >= 4 is 0 Å². The van der Waals surface area contributed by atoms with E-state index in [9.17, 15) is 9.50 Å². The molecular weight excluding hydrogens is 247 g/mol. The van der Waals surface area contributed by atoms with Crippen molar-refractivity contribution in [2.45, 2.75) is 33.4 Å². The number of hydrogen-bond donors (Lipinski definition) is 1. The molecule has 1 aromatic carbocycles. The summed E-state index contributed by atoms with van der Waals surface area (Å²) in [4.78, 5) is 0. The zero-order valence-electron chi connectivity index (χ0n) is 11.2. The first kappa shape index (κ1) is 13.5. The minimum Gasteiger partial charge on any atom is -0.454 e. The Morgan fingerprint density at radius 1 is 1.47 bits per heavy atom. The van der Waals surface area contributed by atoms with Crippen LogP contribution in [0.4, 0.5) is 4.39 Å². The van der Waals surface area contributed by atoms with Crippen LogP contribution in [0.15, 0.2) is 24.5 Å². The molecule has 2 aromatic rings. The highest BCUT2D eigenvalue weighted by Gasteiger charge is 2.14. The van der Waals surface area contributed by atoms with Gasteiger partial charge in [0.25, 0.3) is 0 Å². The molecule has 1 aromatic heterocycles. The predicted octanol–water partition coefficient (Wildman–Crippen LogP) is 3.20. The third-order valence-electron chi connectivity index (χ3n) is 2.90. The molecule has 1 N–H and O–H groups in total. The molecule has 0 aliphatic rings. The fourth-order valence-corrected chi connectivity index (χ4v) is 1.78. The van der Waals surface area contributed by atoms with Gasteiger partial charge in [0, 0.05) is 12.1 Å². The zero-order chi connectivity index (χ0) is 14.0. The highest BCUT2D eigenvalue weighted by atomic mass is 19.1. The Labute approximate surface area is 111 Å². The van der Waals surface area contributed by atoms with E-state index in [0.29, 0.717) is 22.6 Å². The molecule has 0 fully saturated rings. The molecular formula is C14H17FN2O2. The number of halogens is 1. The van der Waals surface area contributed by atoms with Crippen LogP contribution in [0.2, 0.25) is 0 Å². The molecule has 4 nitrogen and oxygen atoms in total. The molecule has 1 atom stereocenters. The number of hydrogen-bond acceptors (Lipinski definition) is 3. The van der Waals surface area contributed by atoms with Crippen LogP contribution in [0.5, 0.6) is 11.5 Å². The van der Waals surface area contributed by atoms with E-state index in [0.717, 1.165) is 6.54 Å². The summed E-state index contributed by atoms with van der Waals surface area (Å²) < 4.78 is 20.9. The third-order valence-corrected chi connectivity index (χ3v) is 2.90. The van der Waals surface area contributed by atoms with Gasteiger partial charge in [-0.25, -0.2) is 4.39 Å². The van der Waals surface area contributed by atoms with Gasteiger partial charge in [-0.05, 0) is 38.5 Å². The maximum atomic E-state index is 13.5. The molecule has 0 bridgehead atoms. The van der Waals surface area contributed by atoms with Crippen LogP contribution in [-0.2, 0) is 6.54 Å². The molecule has 19 heavy (non-hydrogen) atoms. The van der Waals surface area contributed by atoms with E-state index in [2.05, 4.69) is 5.10 Å². The lowest BCUT2D eigenvalue weighted by Crippen LogP contribution is -1.99. The number of benzene rings is 1. The van der Waals surface area contributed by atoms with Gasteiger partial charge in [-0.2, -0.15) is 5.10 Å². The summed E-state index contributed by atoms with van der Waals surface area (Å²) in [5.74, 6) is 0.659. The van der Waals surface area contributed by atoms with Crippen molar-refractivity contribution in [3.63, 3.8) is 0 Å². The van der Waals surface area contributed by atoms with Gasteiger partial charge in [0.2, 0.25) is 0 Å². The number of aliphatic hydroxyl groups is 1. The van der Waals surface area contributed by atoms with Gasteiger partial charge in [0.1, 0.15) is 11.6 Å². The monoisotopic (exact) mass is 264 g/mol. The van der Waals surface area contributed by atoms with Crippen molar-refractivity contribution in [3.8, 4) is 11.5 Å². The quantitative estimate of drug-likeness (QED) is 0.922. The molecule has 0 unspecified atom stereocenters. The van der Waals surface area contributed by atoms with E-state index >= 15 is 0 Å². The Hall–Kier alpha value is -1.88. The van der Waals surface area contributed by atoms with E-state index in [1.807, 2.05) is 6.92 Å². The van der Waals surface area contributed by atoms with E-state index in [4.69, 9.17) is 4.74 Å². The summed E-state index contributed by atoms with van der Waals surface area (Å²) in [6, 6.07) is 2.89. The summed E-state index contributed by atoms with van der Waals surface area (Å²) in [7, 11) is 0. The molecule has 0 saturated carbocycles. The van der Waals surface area contributed by atoms with E-state index in [-0.39, 0.29) is 5.82 Å². The smallest absolute Gasteiger partial charge is 0.165 e. The summed E-state index contributed by atoms with van der Waals surface area (Å²) >= 11 is 0. The maximum Gasteiger partial charge on any atom is 0.165 e. The minimum absolute atomic E-state index is 0.354. The first-order valence-corrected chi connectivity index (χ1v) is 6.19. The number of rotatable bonds is 4. The number of ether oxygens (including phenoxy) is 1. The number of aromatic nitrogens is 2. The maximum absolute atomic E-state index is 13.5. The van der Waals surface area contributed by atoms with Crippen LogP contribution in [-0.4, -0.2) is 14.9 Å². The average Bonchev–Trinajstić information content (AvgIpc) is 2.81. The lowest BCUT2D eigenvalue weighted by molar-refractivity contribution is 0.195. The van der Waals surface area contributed by atoms with Crippen molar-refractivity contribution < 1.29 is 14.2 Å². The minimum atomic E-state index is -0.800. The molecule has 0 radical (unpaired) electrons. The summed E-state index contributed by atoms with van der Waals surface area (Å²) in [6.07, 6.45) is 2.55. The van der Waals surface area contributed by atoms with Gasteiger partial charge in [0.15, 0.2) is 5.75 Å². The molecule has 5 heteroatoms. The van der Waals surface area contributed by atoms with E-state index < -0.39 is 6.10 Å². The Kier molecular flexibility index (Phi) is 3.85. The van der Waals surface area contributed by atoms with E-state index in [1.165, 1.54) is 6.07 Å². The molecule has 2 rings (SSSR count). The fraction of sp³-hybridized carbons (Fsp3) is 0.357. The SMILES string of the molecule is CCn1cc(Oc2cc(C)c(F)cc2[C@@H](C)O)cn1. The highest BCUT2D eigenvalue weighted by molar-refractivity contribution is 5.41. The average molecular weight is 264 g/mol. The van der Waals surface area contributed by atoms with Gasteiger partial charge in [-0.3, -0.25) is 4.68 Å². The summed E-state index contributed by atoms with van der Waals surface area (Å²) in [6.45, 7) is 5.95. The Morgan fingerprint density at radius 3 is 2.79 bits per heavy atom. The lowest BCUT2D eigenvalue weighted by atomic mass is 10.1. The number of aryl methyl sites for hydroxylation is 2. The third kappa shape index (κ3) is 2.93. The molecule has 102 valence electrons. The Bertz CT molecular complexity index is 579. The van der Waals surface area contributed by atoms with Crippen LogP contribution < -0.4 is 4.74 Å². The van der Waals surface area contributed by atoms with Crippen LogP contribution in [0.1, 0.15) is 31.1 Å². The van der Waals surface area contributed by atoms with Crippen molar-refractivity contribution in [3.05, 3.63) is 41.5 Å². The van der Waals surface area contributed by atoms with Crippen LogP contribution in [0, 0.1) is 12.7 Å². The number of aliphatic hydroxyl groups excluding tert-OH is 1. The standard InChI is InChI=1S/C14H17FN2O2/c1-4-17-8-11(7-16-17)19-14-5-9(2)13(15)6-12(14)10(3)18/h5-8,10,18H,4H2,1-3H3/t10-/m1/s1. The van der Waals surface area contributed by atoms with Crippen molar-refractivity contribution in [2.75, 3.05) is 0 Å². The van der Waals surface area contributed by atoms with Crippen molar-refractivity contribution in [1.29, 1.82) is 0 Å². The molecule has 0 aliphatic heterocycles. The predicted molar refractivity (Wildman–Crippen MR) is 69.7 cm³/mol. The van der Waals surface area contributed by atoms with Crippen molar-refractivity contribution in [2.24, 2.45) is 0 Å². The first-order valence-electron chi connectivity index (χ1n) is 6.19. The molecule has 0 spiro atoms.